The molecule has 6 heteroatoms. The van der Waals surface area contributed by atoms with E-state index in [1.54, 1.807) is 12.3 Å². The van der Waals surface area contributed by atoms with Crippen LogP contribution in [0.25, 0.3) is 0 Å². The Morgan fingerprint density at radius 3 is 2.42 bits per heavy atom. The van der Waals surface area contributed by atoms with E-state index in [1.807, 2.05) is 7.05 Å². The molecular weight excluding hydrogens is 262 g/mol. The lowest BCUT2D eigenvalue weighted by Gasteiger charge is -2.17. The summed E-state index contributed by atoms with van der Waals surface area (Å²) in [5, 5.41) is 3.06. The van der Waals surface area contributed by atoms with Gasteiger partial charge in [-0.3, -0.25) is 0 Å². The second-order valence-electron chi connectivity index (χ2n) is 5.74. The molecule has 19 heavy (non-hydrogen) atoms. The molecule has 5 nitrogen and oxygen atoms in total. The van der Waals surface area contributed by atoms with Gasteiger partial charge in [0.2, 0.25) is 0 Å². The van der Waals surface area contributed by atoms with Crippen molar-refractivity contribution < 1.29 is 8.42 Å². The van der Waals surface area contributed by atoms with Gasteiger partial charge in [-0.2, -0.15) is 0 Å². The Hall–Kier alpha value is -0.980. The molecular formula is C13H23N3O2S. The fourth-order valence-electron chi connectivity index (χ4n) is 1.51. The summed E-state index contributed by atoms with van der Waals surface area (Å²) in [6.45, 7) is 7.32. The number of hydrogen-bond acceptors (Lipinski definition) is 4. The lowest BCUT2D eigenvalue weighted by Crippen LogP contribution is -2.28. The number of pyridine rings is 1. The van der Waals surface area contributed by atoms with Crippen molar-refractivity contribution in [2.75, 3.05) is 13.6 Å². The van der Waals surface area contributed by atoms with Crippen LogP contribution in [0.2, 0.25) is 0 Å². The van der Waals surface area contributed by atoms with Crippen molar-refractivity contribution in [2.45, 2.75) is 38.8 Å². The highest BCUT2D eigenvalue weighted by Gasteiger charge is 2.17. The van der Waals surface area contributed by atoms with Gasteiger partial charge in [0.1, 0.15) is 0 Å². The molecule has 0 aliphatic heterocycles. The maximum atomic E-state index is 12.0. The minimum absolute atomic E-state index is 0.0706. The van der Waals surface area contributed by atoms with Crippen molar-refractivity contribution in [1.29, 1.82) is 0 Å². The number of rotatable bonds is 6. The van der Waals surface area contributed by atoms with Crippen molar-refractivity contribution in [1.82, 2.24) is 15.0 Å². The molecule has 0 bridgehead atoms. The van der Waals surface area contributed by atoms with E-state index in [0.717, 1.165) is 12.0 Å². The summed E-state index contributed by atoms with van der Waals surface area (Å²) in [5.41, 5.74) is 1.06. The quantitative estimate of drug-likeness (QED) is 0.831. The van der Waals surface area contributed by atoms with Crippen LogP contribution in [-0.2, 0) is 16.6 Å². The molecule has 0 atom stereocenters. The molecule has 1 aromatic rings. The maximum Gasteiger partial charge on any atom is 0.258 e. The van der Waals surface area contributed by atoms with E-state index in [0.29, 0.717) is 13.1 Å². The predicted octanol–water partition coefficient (Wildman–Crippen LogP) is 1.52. The Morgan fingerprint density at radius 2 is 1.95 bits per heavy atom. The van der Waals surface area contributed by atoms with Gasteiger partial charge in [0.05, 0.1) is 0 Å². The van der Waals surface area contributed by atoms with E-state index in [1.165, 1.54) is 6.07 Å². The molecule has 0 amide bonds. The van der Waals surface area contributed by atoms with E-state index in [4.69, 9.17) is 0 Å². The van der Waals surface area contributed by atoms with Gasteiger partial charge >= 0.3 is 0 Å². The van der Waals surface area contributed by atoms with E-state index in [2.05, 4.69) is 35.8 Å². The van der Waals surface area contributed by atoms with Crippen LogP contribution in [-0.4, -0.2) is 27.0 Å². The first kappa shape index (κ1) is 16.1. The molecule has 0 aromatic carbocycles. The SMILES string of the molecule is CNCc1ccc(S(=O)(=O)NCCC(C)(C)C)nc1. The molecule has 0 aliphatic rings. The molecule has 1 rings (SSSR count). The third-order valence-electron chi connectivity index (χ3n) is 2.62. The van der Waals surface area contributed by atoms with Gasteiger partial charge < -0.3 is 5.32 Å². The minimum atomic E-state index is -3.50. The van der Waals surface area contributed by atoms with Gasteiger partial charge in [0, 0.05) is 19.3 Å². The molecule has 0 spiro atoms. The van der Waals surface area contributed by atoms with Gasteiger partial charge in [0.15, 0.2) is 5.03 Å². The van der Waals surface area contributed by atoms with Gasteiger partial charge in [-0.05, 0) is 30.5 Å². The molecule has 0 saturated carbocycles. The zero-order valence-electron chi connectivity index (χ0n) is 12.0. The molecule has 0 unspecified atom stereocenters. The average molecular weight is 285 g/mol. The zero-order chi connectivity index (χ0) is 14.5. The first-order valence-electron chi connectivity index (χ1n) is 6.34. The van der Waals surface area contributed by atoms with Crippen molar-refractivity contribution in [3.8, 4) is 0 Å². The number of nitrogens with one attached hydrogen (secondary N) is 2. The summed E-state index contributed by atoms with van der Waals surface area (Å²) in [6, 6.07) is 3.30. The Kier molecular flexibility index (Phi) is 5.46. The lowest BCUT2D eigenvalue weighted by molar-refractivity contribution is 0.378. The van der Waals surface area contributed by atoms with Crippen LogP contribution in [0.5, 0.6) is 0 Å². The van der Waals surface area contributed by atoms with Crippen molar-refractivity contribution >= 4 is 10.0 Å². The Labute approximate surface area is 115 Å². The van der Waals surface area contributed by atoms with Gasteiger partial charge in [-0.15, -0.1) is 0 Å². The molecule has 0 radical (unpaired) electrons. The van der Waals surface area contributed by atoms with E-state index in [-0.39, 0.29) is 10.4 Å². The van der Waals surface area contributed by atoms with Crippen molar-refractivity contribution in [3.05, 3.63) is 23.9 Å². The molecule has 0 fully saturated rings. The Balaban J connectivity index is 2.67. The van der Waals surface area contributed by atoms with E-state index >= 15 is 0 Å². The smallest absolute Gasteiger partial charge is 0.258 e. The summed E-state index contributed by atoms with van der Waals surface area (Å²) < 4.78 is 26.6. The summed E-state index contributed by atoms with van der Waals surface area (Å²) in [6.07, 6.45) is 2.36. The molecule has 108 valence electrons. The van der Waals surface area contributed by atoms with Gasteiger partial charge in [-0.25, -0.2) is 18.1 Å². The Morgan fingerprint density at radius 1 is 1.26 bits per heavy atom. The Bertz CT molecular complexity index is 490. The van der Waals surface area contributed by atoms with Crippen LogP contribution >= 0.6 is 0 Å². The third-order valence-corrected chi connectivity index (χ3v) is 4.00. The van der Waals surface area contributed by atoms with E-state index in [9.17, 15) is 8.42 Å². The first-order valence-corrected chi connectivity index (χ1v) is 7.82. The monoisotopic (exact) mass is 285 g/mol. The fraction of sp³-hybridized carbons (Fsp3) is 0.615. The zero-order valence-corrected chi connectivity index (χ0v) is 12.8. The maximum absolute atomic E-state index is 12.0. The summed E-state index contributed by atoms with van der Waals surface area (Å²) in [4.78, 5) is 3.99. The molecule has 0 aliphatic carbocycles. The highest BCUT2D eigenvalue weighted by Crippen LogP contribution is 2.17. The first-order chi connectivity index (χ1) is 8.74. The topological polar surface area (TPSA) is 71.1 Å². The normalized spacial score (nSPS) is 12.6. The third kappa shape index (κ3) is 5.67. The van der Waals surface area contributed by atoms with Crippen LogP contribution in [0, 0.1) is 5.41 Å². The molecule has 0 saturated heterocycles. The highest BCUT2D eigenvalue weighted by molar-refractivity contribution is 7.89. The highest BCUT2D eigenvalue weighted by atomic mass is 32.2. The minimum Gasteiger partial charge on any atom is -0.316 e. The second kappa shape index (κ2) is 6.45. The second-order valence-corrected chi connectivity index (χ2v) is 7.46. The van der Waals surface area contributed by atoms with Crippen LogP contribution in [0.3, 0.4) is 0 Å². The number of sulfonamides is 1. The lowest BCUT2D eigenvalue weighted by atomic mass is 9.93. The summed E-state index contributed by atoms with van der Waals surface area (Å²) in [7, 11) is -1.66. The van der Waals surface area contributed by atoms with Crippen LogP contribution in [0.15, 0.2) is 23.4 Å². The average Bonchev–Trinajstić information content (AvgIpc) is 2.28. The molecule has 2 N–H and O–H groups in total. The van der Waals surface area contributed by atoms with Crippen molar-refractivity contribution in [2.24, 2.45) is 5.41 Å². The number of aromatic nitrogens is 1. The molecule has 1 heterocycles. The van der Waals surface area contributed by atoms with Gasteiger partial charge in [0.25, 0.3) is 10.0 Å². The number of nitrogens with zero attached hydrogens (tertiary/aromatic N) is 1. The fourth-order valence-corrected chi connectivity index (χ4v) is 2.47. The number of hydrogen-bond donors (Lipinski definition) is 2. The van der Waals surface area contributed by atoms with Crippen molar-refractivity contribution in [3.63, 3.8) is 0 Å². The van der Waals surface area contributed by atoms with Gasteiger partial charge in [-0.1, -0.05) is 26.8 Å². The predicted molar refractivity (Wildman–Crippen MR) is 76.3 cm³/mol. The van der Waals surface area contributed by atoms with Crippen LogP contribution in [0.4, 0.5) is 0 Å². The summed E-state index contributed by atoms with van der Waals surface area (Å²) in [5.74, 6) is 0. The van der Waals surface area contributed by atoms with E-state index < -0.39 is 10.0 Å². The van der Waals surface area contributed by atoms with Crippen LogP contribution in [0.1, 0.15) is 32.8 Å². The largest absolute Gasteiger partial charge is 0.316 e. The standard InChI is InChI=1S/C13H23N3O2S/c1-13(2,3)7-8-16-19(17,18)12-6-5-11(9-14-4)10-15-12/h5-6,10,14,16H,7-9H2,1-4H3. The molecule has 1 aromatic heterocycles. The summed E-state index contributed by atoms with van der Waals surface area (Å²) >= 11 is 0. The van der Waals surface area contributed by atoms with Crippen LogP contribution < -0.4 is 10.0 Å².